The Morgan fingerprint density at radius 3 is 2.79 bits per heavy atom. The number of hydrogen-bond acceptors (Lipinski definition) is 5. The van der Waals surface area contributed by atoms with Crippen LogP contribution < -0.4 is 5.32 Å². The molecule has 1 aliphatic heterocycles. The summed E-state index contributed by atoms with van der Waals surface area (Å²) in [4.78, 5) is 2.36. The van der Waals surface area contributed by atoms with Crippen LogP contribution in [0.5, 0.6) is 0 Å². The van der Waals surface area contributed by atoms with E-state index in [4.69, 9.17) is 9.26 Å². The number of nitrogens with one attached hydrogen (secondary N) is 1. The zero-order chi connectivity index (χ0) is 13.7. The minimum atomic E-state index is 0.289. The molecule has 0 saturated carbocycles. The van der Waals surface area contributed by atoms with Crippen molar-refractivity contribution in [2.45, 2.75) is 52.5 Å². The number of ether oxygens (including phenoxy) is 1. The van der Waals surface area contributed by atoms with Gasteiger partial charge in [0.05, 0.1) is 24.4 Å². The fourth-order valence-corrected chi connectivity index (χ4v) is 2.54. The molecule has 108 valence electrons. The van der Waals surface area contributed by atoms with Gasteiger partial charge in [-0.1, -0.05) is 12.1 Å². The van der Waals surface area contributed by atoms with Crippen LogP contribution in [-0.4, -0.2) is 41.9 Å². The van der Waals surface area contributed by atoms with Gasteiger partial charge in [0.15, 0.2) is 5.76 Å². The van der Waals surface area contributed by atoms with E-state index in [1.807, 2.05) is 6.07 Å². The molecule has 5 heteroatoms. The van der Waals surface area contributed by atoms with Crippen LogP contribution in [0, 0.1) is 0 Å². The molecule has 19 heavy (non-hydrogen) atoms. The molecule has 0 radical (unpaired) electrons. The summed E-state index contributed by atoms with van der Waals surface area (Å²) >= 11 is 0. The zero-order valence-electron chi connectivity index (χ0n) is 12.2. The summed E-state index contributed by atoms with van der Waals surface area (Å²) in [5.41, 5.74) is 0.984. The van der Waals surface area contributed by atoms with E-state index in [0.717, 1.165) is 50.6 Å². The summed E-state index contributed by atoms with van der Waals surface area (Å²) in [6.07, 6.45) is 1.71. The topological polar surface area (TPSA) is 50.5 Å². The predicted molar refractivity (Wildman–Crippen MR) is 73.8 cm³/mol. The molecule has 0 amide bonds. The Morgan fingerprint density at radius 1 is 1.37 bits per heavy atom. The fraction of sp³-hybridized carbons (Fsp3) is 0.786. The van der Waals surface area contributed by atoms with Gasteiger partial charge in [0.1, 0.15) is 0 Å². The molecule has 1 aromatic rings. The maximum Gasteiger partial charge on any atom is 0.151 e. The molecule has 1 aromatic heterocycles. The summed E-state index contributed by atoms with van der Waals surface area (Å²) in [5.74, 6) is 0.939. The maximum atomic E-state index is 5.73. The van der Waals surface area contributed by atoms with E-state index in [1.165, 1.54) is 0 Å². The average Bonchev–Trinajstić information content (AvgIpc) is 2.76. The number of nitrogens with zero attached hydrogens (tertiary/aromatic N) is 2. The summed E-state index contributed by atoms with van der Waals surface area (Å²) in [6, 6.07) is 2.05. The first-order valence-electron chi connectivity index (χ1n) is 7.20. The Kier molecular flexibility index (Phi) is 5.36. The molecular formula is C14H25N3O2. The highest BCUT2D eigenvalue weighted by Gasteiger charge is 2.23. The number of morpholine rings is 1. The number of aromatic nitrogens is 1. The lowest BCUT2D eigenvalue weighted by molar-refractivity contribution is -0.0721. The largest absolute Gasteiger partial charge is 0.373 e. The highest BCUT2D eigenvalue weighted by Crippen LogP contribution is 2.14. The second-order valence-corrected chi connectivity index (χ2v) is 5.41. The second-order valence-electron chi connectivity index (χ2n) is 5.41. The molecule has 1 fully saturated rings. The monoisotopic (exact) mass is 267 g/mol. The van der Waals surface area contributed by atoms with Gasteiger partial charge < -0.3 is 14.6 Å². The highest BCUT2D eigenvalue weighted by atomic mass is 16.5. The molecule has 2 atom stereocenters. The SMILES string of the molecule is CCCNCc1cc(CN2CC(C)OC(C)C2)on1. The van der Waals surface area contributed by atoms with Gasteiger partial charge in [-0.2, -0.15) is 0 Å². The molecule has 0 bridgehead atoms. The van der Waals surface area contributed by atoms with Gasteiger partial charge in [0.25, 0.3) is 0 Å². The van der Waals surface area contributed by atoms with E-state index in [9.17, 15) is 0 Å². The summed E-state index contributed by atoms with van der Waals surface area (Å²) < 4.78 is 11.1. The van der Waals surface area contributed by atoms with Crippen molar-refractivity contribution in [3.05, 3.63) is 17.5 Å². The van der Waals surface area contributed by atoms with E-state index in [-0.39, 0.29) is 12.2 Å². The van der Waals surface area contributed by atoms with E-state index in [2.05, 4.69) is 36.1 Å². The van der Waals surface area contributed by atoms with Crippen LogP contribution in [0.15, 0.2) is 10.6 Å². The standard InChI is InChI=1S/C14H25N3O2/c1-4-5-15-7-13-6-14(19-16-13)10-17-8-11(2)18-12(3)9-17/h6,11-12,15H,4-5,7-10H2,1-3H3. The van der Waals surface area contributed by atoms with E-state index < -0.39 is 0 Å². The number of hydrogen-bond donors (Lipinski definition) is 1. The van der Waals surface area contributed by atoms with Crippen molar-refractivity contribution >= 4 is 0 Å². The molecule has 2 unspecified atom stereocenters. The van der Waals surface area contributed by atoms with Crippen LogP contribution in [0.1, 0.15) is 38.6 Å². The molecule has 0 aliphatic carbocycles. The fourth-order valence-electron chi connectivity index (χ4n) is 2.54. The Morgan fingerprint density at radius 2 is 2.11 bits per heavy atom. The van der Waals surface area contributed by atoms with Gasteiger partial charge in [-0.05, 0) is 26.8 Å². The molecule has 1 aliphatic rings. The molecular weight excluding hydrogens is 242 g/mol. The van der Waals surface area contributed by atoms with Crippen LogP contribution in [-0.2, 0) is 17.8 Å². The minimum absolute atomic E-state index is 0.289. The Hall–Kier alpha value is -0.910. The second kappa shape index (κ2) is 7.03. The van der Waals surface area contributed by atoms with Crippen molar-refractivity contribution in [1.29, 1.82) is 0 Å². The lowest BCUT2D eigenvalue weighted by atomic mass is 10.2. The smallest absolute Gasteiger partial charge is 0.151 e. The molecule has 0 aromatic carbocycles. The minimum Gasteiger partial charge on any atom is -0.373 e. The third kappa shape index (κ3) is 4.60. The first kappa shape index (κ1) is 14.5. The van der Waals surface area contributed by atoms with E-state index in [0.29, 0.717) is 0 Å². The predicted octanol–water partition coefficient (Wildman–Crippen LogP) is 1.78. The van der Waals surface area contributed by atoms with Gasteiger partial charge in [-0.3, -0.25) is 4.90 Å². The van der Waals surface area contributed by atoms with Crippen molar-refractivity contribution < 1.29 is 9.26 Å². The molecule has 1 N–H and O–H groups in total. The Balaban J connectivity index is 1.82. The van der Waals surface area contributed by atoms with Gasteiger partial charge >= 0.3 is 0 Å². The normalized spacial score (nSPS) is 24.8. The first-order chi connectivity index (χ1) is 9.17. The maximum absolute atomic E-state index is 5.73. The van der Waals surface area contributed by atoms with Crippen LogP contribution >= 0.6 is 0 Å². The summed E-state index contributed by atoms with van der Waals surface area (Å²) in [6.45, 7) is 10.9. The van der Waals surface area contributed by atoms with E-state index in [1.54, 1.807) is 0 Å². The average molecular weight is 267 g/mol. The molecule has 5 nitrogen and oxygen atoms in total. The lowest BCUT2D eigenvalue weighted by Crippen LogP contribution is -2.44. The Bertz CT molecular complexity index is 371. The summed E-state index contributed by atoms with van der Waals surface area (Å²) in [5, 5.41) is 7.42. The molecule has 2 heterocycles. The van der Waals surface area contributed by atoms with Gasteiger partial charge in [0.2, 0.25) is 0 Å². The molecule has 1 saturated heterocycles. The van der Waals surface area contributed by atoms with Crippen molar-refractivity contribution in [2.24, 2.45) is 0 Å². The van der Waals surface area contributed by atoms with Crippen LogP contribution in [0.25, 0.3) is 0 Å². The first-order valence-corrected chi connectivity index (χ1v) is 7.20. The van der Waals surface area contributed by atoms with Crippen LogP contribution in [0.2, 0.25) is 0 Å². The zero-order valence-corrected chi connectivity index (χ0v) is 12.2. The van der Waals surface area contributed by atoms with Crippen LogP contribution in [0.3, 0.4) is 0 Å². The quantitative estimate of drug-likeness (QED) is 0.796. The van der Waals surface area contributed by atoms with Crippen molar-refractivity contribution in [3.63, 3.8) is 0 Å². The molecule has 2 rings (SSSR count). The van der Waals surface area contributed by atoms with Gasteiger partial charge in [0, 0.05) is 25.7 Å². The highest BCUT2D eigenvalue weighted by molar-refractivity contribution is 5.05. The number of rotatable bonds is 6. The van der Waals surface area contributed by atoms with Crippen molar-refractivity contribution in [1.82, 2.24) is 15.4 Å². The van der Waals surface area contributed by atoms with Crippen molar-refractivity contribution in [3.8, 4) is 0 Å². The van der Waals surface area contributed by atoms with Crippen LogP contribution in [0.4, 0.5) is 0 Å². The van der Waals surface area contributed by atoms with Gasteiger partial charge in [-0.25, -0.2) is 0 Å². The van der Waals surface area contributed by atoms with Crippen molar-refractivity contribution in [2.75, 3.05) is 19.6 Å². The third-order valence-corrected chi connectivity index (χ3v) is 3.22. The third-order valence-electron chi connectivity index (χ3n) is 3.22. The molecule has 0 spiro atoms. The Labute approximate surface area is 115 Å². The van der Waals surface area contributed by atoms with E-state index >= 15 is 0 Å². The lowest BCUT2D eigenvalue weighted by Gasteiger charge is -2.34. The summed E-state index contributed by atoms with van der Waals surface area (Å²) in [7, 11) is 0. The van der Waals surface area contributed by atoms with Gasteiger partial charge in [-0.15, -0.1) is 0 Å².